The highest BCUT2D eigenvalue weighted by atomic mass is 19.4. The van der Waals surface area contributed by atoms with Crippen LogP contribution in [0.2, 0.25) is 0 Å². The van der Waals surface area contributed by atoms with Crippen molar-refractivity contribution < 1.29 is 27.1 Å². The van der Waals surface area contributed by atoms with Crippen molar-refractivity contribution in [1.82, 2.24) is 25.1 Å². The minimum Gasteiger partial charge on any atom is -0.423 e. The van der Waals surface area contributed by atoms with E-state index in [0.717, 1.165) is 23.1 Å². The molecule has 0 spiro atoms. The lowest BCUT2D eigenvalue weighted by molar-refractivity contribution is -0.141. The fourth-order valence-corrected chi connectivity index (χ4v) is 2.93. The molecule has 4 aromatic rings. The number of alkyl halides is 3. The molecule has 0 saturated carbocycles. The SMILES string of the molecule is CNC(=O)Oc1c(-c2nnco2)c(=O)n(-c2ccccc2)c2nc(C(F)(F)F)ccc12. The highest BCUT2D eigenvalue weighted by Crippen LogP contribution is 2.36. The molecular formula is C19H12F3N5O4. The van der Waals surface area contributed by atoms with E-state index in [4.69, 9.17) is 9.15 Å². The van der Waals surface area contributed by atoms with Crippen molar-refractivity contribution in [3.63, 3.8) is 0 Å². The number of fused-ring (bicyclic) bond motifs is 1. The number of para-hydroxylation sites is 1. The number of halogens is 3. The Morgan fingerprint density at radius 1 is 1.16 bits per heavy atom. The summed E-state index contributed by atoms with van der Waals surface area (Å²) in [5.74, 6) is -0.646. The minimum absolute atomic E-state index is 0.0479. The lowest BCUT2D eigenvalue weighted by Crippen LogP contribution is -2.27. The highest BCUT2D eigenvalue weighted by molar-refractivity contribution is 5.92. The summed E-state index contributed by atoms with van der Waals surface area (Å²) in [6.45, 7) is 0. The lowest BCUT2D eigenvalue weighted by atomic mass is 10.1. The molecule has 0 saturated heterocycles. The fourth-order valence-electron chi connectivity index (χ4n) is 2.93. The molecule has 0 aliphatic heterocycles. The number of ether oxygens (including phenoxy) is 1. The van der Waals surface area contributed by atoms with Crippen molar-refractivity contribution >= 4 is 17.1 Å². The molecule has 31 heavy (non-hydrogen) atoms. The second kappa shape index (κ2) is 7.55. The molecule has 4 rings (SSSR count). The molecule has 1 aromatic carbocycles. The van der Waals surface area contributed by atoms with Gasteiger partial charge in [-0.15, -0.1) is 10.2 Å². The topological polar surface area (TPSA) is 112 Å². The van der Waals surface area contributed by atoms with E-state index in [-0.39, 0.29) is 33.9 Å². The smallest absolute Gasteiger partial charge is 0.423 e. The van der Waals surface area contributed by atoms with Gasteiger partial charge in [0.2, 0.25) is 6.39 Å². The van der Waals surface area contributed by atoms with Crippen LogP contribution in [-0.4, -0.2) is 32.9 Å². The predicted molar refractivity (Wildman–Crippen MR) is 101 cm³/mol. The Balaban J connectivity index is 2.18. The molecule has 0 radical (unpaired) electrons. The van der Waals surface area contributed by atoms with Gasteiger partial charge in [0.05, 0.1) is 11.1 Å². The Morgan fingerprint density at radius 2 is 1.90 bits per heavy atom. The normalized spacial score (nSPS) is 11.5. The van der Waals surface area contributed by atoms with E-state index >= 15 is 0 Å². The Morgan fingerprint density at radius 3 is 2.52 bits per heavy atom. The van der Waals surface area contributed by atoms with E-state index in [1.807, 2.05) is 0 Å². The first kappa shape index (κ1) is 20.1. The number of nitrogens with one attached hydrogen (secondary N) is 1. The number of amides is 1. The van der Waals surface area contributed by atoms with Gasteiger partial charge in [-0.05, 0) is 24.3 Å². The van der Waals surface area contributed by atoms with Crippen LogP contribution in [0.15, 0.2) is 58.1 Å². The number of aromatic nitrogens is 4. The number of benzene rings is 1. The number of nitrogens with zero attached hydrogens (tertiary/aromatic N) is 4. The van der Waals surface area contributed by atoms with Gasteiger partial charge in [0.15, 0.2) is 11.4 Å². The summed E-state index contributed by atoms with van der Waals surface area (Å²) in [6, 6.07) is 9.68. The standard InChI is InChI=1S/C19H12F3N5O4/c1-23-18(29)31-14-11-7-8-12(19(20,21)22)25-15(11)27(10-5-3-2-4-6-10)17(28)13(14)16-26-24-9-30-16/h2-9H,1H3,(H,23,29). The minimum atomic E-state index is -4.77. The van der Waals surface area contributed by atoms with Crippen LogP contribution in [0.5, 0.6) is 5.75 Å². The number of hydrogen-bond acceptors (Lipinski definition) is 7. The third-order valence-corrected chi connectivity index (χ3v) is 4.25. The van der Waals surface area contributed by atoms with Gasteiger partial charge < -0.3 is 14.5 Å². The van der Waals surface area contributed by atoms with E-state index in [9.17, 15) is 22.8 Å². The fraction of sp³-hybridized carbons (Fsp3) is 0.105. The Hall–Kier alpha value is -4.22. The summed E-state index contributed by atoms with van der Waals surface area (Å²) in [6.07, 6.45) is -4.77. The van der Waals surface area contributed by atoms with Crippen molar-refractivity contribution in [2.24, 2.45) is 0 Å². The zero-order valence-electron chi connectivity index (χ0n) is 15.7. The van der Waals surface area contributed by atoms with Crippen molar-refractivity contribution in [1.29, 1.82) is 0 Å². The largest absolute Gasteiger partial charge is 0.433 e. The monoisotopic (exact) mass is 431 g/mol. The van der Waals surface area contributed by atoms with E-state index in [0.29, 0.717) is 0 Å². The maximum atomic E-state index is 13.4. The lowest BCUT2D eigenvalue weighted by Gasteiger charge is -2.17. The van der Waals surface area contributed by atoms with Crippen molar-refractivity contribution in [3.05, 3.63) is 64.9 Å². The van der Waals surface area contributed by atoms with Gasteiger partial charge in [0, 0.05) is 7.05 Å². The third kappa shape index (κ3) is 3.58. The first-order chi connectivity index (χ1) is 14.8. The van der Waals surface area contributed by atoms with Crippen LogP contribution in [-0.2, 0) is 6.18 Å². The van der Waals surface area contributed by atoms with Gasteiger partial charge >= 0.3 is 12.3 Å². The summed E-state index contributed by atoms with van der Waals surface area (Å²) in [5, 5.41) is 9.39. The third-order valence-electron chi connectivity index (χ3n) is 4.25. The number of rotatable bonds is 3. The summed E-state index contributed by atoms with van der Waals surface area (Å²) in [5.41, 5.74) is -2.53. The first-order valence-corrected chi connectivity index (χ1v) is 8.69. The Labute approximate surface area is 171 Å². The van der Waals surface area contributed by atoms with Gasteiger partial charge in [-0.2, -0.15) is 13.2 Å². The van der Waals surface area contributed by atoms with Gasteiger partial charge in [0.1, 0.15) is 11.3 Å². The van der Waals surface area contributed by atoms with Crippen LogP contribution in [0.25, 0.3) is 28.2 Å². The zero-order valence-corrected chi connectivity index (χ0v) is 15.7. The summed E-state index contributed by atoms with van der Waals surface area (Å²) in [7, 11) is 1.28. The van der Waals surface area contributed by atoms with Crippen LogP contribution < -0.4 is 15.6 Å². The van der Waals surface area contributed by atoms with Crippen molar-refractivity contribution in [2.45, 2.75) is 6.18 Å². The van der Waals surface area contributed by atoms with Gasteiger partial charge in [0.25, 0.3) is 11.4 Å². The molecule has 0 bridgehead atoms. The van der Waals surface area contributed by atoms with Gasteiger partial charge in [-0.3, -0.25) is 9.36 Å². The van der Waals surface area contributed by atoms with E-state index in [1.54, 1.807) is 18.2 Å². The molecule has 0 aliphatic rings. The quantitative estimate of drug-likeness (QED) is 0.530. The van der Waals surface area contributed by atoms with E-state index in [1.165, 1.54) is 19.2 Å². The molecule has 0 fully saturated rings. The summed E-state index contributed by atoms with van der Waals surface area (Å²) >= 11 is 0. The highest BCUT2D eigenvalue weighted by Gasteiger charge is 2.34. The summed E-state index contributed by atoms with van der Waals surface area (Å²) in [4.78, 5) is 29.0. The number of carbonyl (C=O) groups is 1. The molecule has 1 amide bonds. The molecule has 3 heterocycles. The molecule has 9 nitrogen and oxygen atoms in total. The van der Waals surface area contributed by atoms with Crippen LogP contribution in [0.4, 0.5) is 18.0 Å². The maximum absolute atomic E-state index is 13.4. The molecule has 158 valence electrons. The van der Waals surface area contributed by atoms with E-state index in [2.05, 4.69) is 20.5 Å². The Kier molecular flexibility index (Phi) is 4.89. The predicted octanol–water partition coefficient (Wildman–Crippen LogP) is 3.17. The van der Waals surface area contributed by atoms with Crippen LogP contribution in [0.1, 0.15) is 5.69 Å². The molecule has 0 atom stereocenters. The van der Waals surface area contributed by atoms with Crippen molar-refractivity contribution in [3.8, 4) is 22.9 Å². The van der Waals surface area contributed by atoms with Crippen LogP contribution >= 0.6 is 0 Å². The molecule has 0 unspecified atom stereocenters. The van der Waals surface area contributed by atoms with Crippen LogP contribution in [0, 0.1) is 0 Å². The maximum Gasteiger partial charge on any atom is 0.433 e. The number of pyridine rings is 2. The first-order valence-electron chi connectivity index (χ1n) is 8.69. The molecule has 3 aromatic heterocycles. The van der Waals surface area contributed by atoms with Crippen LogP contribution in [0.3, 0.4) is 0 Å². The summed E-state index contributed by atoms with van der Waals surface area (Å²) < 4.78 is 51.3. The van der Waals surface area contributed by atoms with E-state index < -0.39 is 23.5 Å². The molecular weight excluding hydrogens is 419 g/mol. The number of carbonyl (C=O) groups excluding carboxylic acids is 1. The van der Waals surface area contributed by atoms with Crippen molar-refractivity contribution in [2.75, 3.05) is 7.05 Å². The zero-order chi connectivity index (χ0) is 22.2. The molecule has 1 N–H and O–H groups in total. The molecule has 12 heteroatoms. The average molecular weight is 431 g/mol. The second-order valence-electron chi connectivity index (χ2n) is 6.13. The number of hydrogen-bond donors (Lipinski definition) is 1. The Bertz CT molecular complexity index is 1320. The molecule has 0 aliphatic carbocycles. The second-order valence-corrected chi connectivity index (χ2v) is 6.13. The average Bonchev–Trinajstić information content (AvgIpc) is 3.27. The van der Waals surface area contributed by atoms with Gasteiger partial charge in [-0.25, -0.2) is 9.78 Å². The van der Waals surface area contributed by atoms with Gasteiger partial charge in [-0.1, -0.05) is 18.2 Å².